The third-order valence-corrected chi connectivity index (χ3v) is 4.23. The maximum absolute atomic E-state index is 5.28. The third kappa shape index (κ3) is 1.93. The first kappa shape index (κ1) is 11.4. The van der Waals surface area contributed by atoms with Crippen molar-refractivity contribution in [3.8, 4) is 0 Å². The number of thioether (sulfide) groups is 1. The molecule has 0 N–H and O–H groups in total. The van der Waals surface area contributed by atoms with Crippen LogP contribution >= 0.6 is 11.8 Å². The second-order valence-electron chi connectivity index (χ2n) is 4.21. The van der Waals surface area contributed by atoms with Crippen LogP contribution in [0.25, 0.3) is 5.57 Å². The largest absolute Gasteiger partial charge is 0.504 e. The minimum Gasteiger partial charge on any atom is -0.504 e. The molecule has 1 nitrogen and oxygen atoms in total. The van der Waals surface area contributed by atoms with Crippen molar-refractivity contribution in [3.05, 3.63) is 71.5 Å². The second kappa shape index (κ2) is 4.91. The lowest BCUT2D eigenvalue weighted by Crippen LogP contribution is -1.92. The molecule has 0 saturated heterocycles. The van der Waals surface area contributed by atoms with Crippen LogP contribution in [0.1, 0.15) is 16.7 Å². The van der Waals surface area contributed by atoms with Crippen LogP contribution in [0.5, 0.6) is 0 Å². The summed E-state index contributed by atoms with van der Waals surface area (Å²) in [4.78, 5) is 1.32. The maximum atomic E-state index is 5.28. The lowest BCUT2D eigenvalue weighted by atomic mass is 9.96. The van der Waals surface area contributed by atoms with Gasteiger partial charge in [0.15, 0.2) is 0 Å². The van der Waals surface area contributed by atoms with Gasteiger partial charge in [-0.05, 0) is 22.8 Å². The van der Waals surface area contributed by atoms with Gasteiger partial charge in [0.1, 0.15) is 0 Å². The molecule has 0 amide bonds. The van der Waals surface area contributed by atoms with Gasteiger partial charge in [-0.3, -0.25) is 0 Å². The van der Waals surface area contributed by atoms with E-state index in [1.165, 1.54) is 27.2 Å². The van der Waals surface area contributed by atoms with Crippen LogP contribution in [0, 0.1) is 0 Å². The van der Waals surface area contributed by atoms with E-state index in [2.05, 4.69) is 48.5 Å². The highest BCUT2D eigenvalue weighted by atomic mass is 32.2. The van der Waals surface area contributed by atoms with Crippen molar-refractivity contribution in [2.45, 2.75) is 10.6 Å². The molecule has 0 unspecified atom stereocenters. The standard InChI is InChI=1S/C16H14OS/c1-17-10-15-13-7-3-2-6-12(13)11-18-16-9-5-4-8-14(15)16/h2-10H,11H2,1H3. The van der Waals surface area contributed by atoms with Gasteiger partial charge in [-0.15, -0.1) is 11.8 Å². The molecule has 1 heterocycles. The quantitative estimate of drug-likeness (QED) is 0.701. The average molecular weight is 254 g/mol. The van der Waals surface area contributed by atoms with Gasteiger partial charge in [-0.2, -0.15) is 0 Å². The average Bonchev–Trinajstić information content (AvgIpc) is 2.58. The molecule has 0 aromatic heterocycles. The van der Waals surface area contributed by atoms with E-state index in [1.54, 1.807) is 7.11 Å². The van der Waals surface area contributed by atoms with Crippen molar-refractivity contribution >= 4 is 17.3 Å². The molecule has 2 aromatic carbocycles. The zero-order chi connectivity index (χ0) is 12.4. The van der Waals surface area contributed by atoms with Crippen molar-refractivity contribution < 1.29 is 4.74 Å². The van der Waals surface area contributed by atoms with Crippen molar-refractivity contribution in [1.82, 2.24) is 0 Å². The van der Waals surface area contributed by atoms with Crippen molar-refractivity contribution in [3.63, 3.8) is 0 Å². The Labute approximate surface area is 111 Å². The summed E-state index contributed by atoms with van der Waals surface area (Å²) in [5.41, 5.74) is 5.07. The first-order valence-corrected chi connectivity index (χ1v) is 6.92. The number of hydrogen-bond acceptors (Lipinski definition) is 2. The molecule has 1 aliphatic rings. The summed E-state index contributed by atoms with van der Waals surface area (Å²) in [6.45, 7) is 0. The summed E-state index contributed by atoms with van der Waals surface area (Å²) in [7, 11) is 1.70. The number of ether oxygens (including phenoxy) is 1. The molecule has 0 spiro atoms. The number of methoxy groups -OCH3 is 1. The molecule has 0 bridgehead atoms. The van der Waals surface area contributed by atoms with Gasteiger partial charge in [-0.1, -0.05) is 42.5 Å². The van der Waals surface area contributed by atoms with Crippen LogP contribution in [-0.2, 0) is 10.5 Å². The Balaban J connectivity index is 2.25. The molecular weight excluding hydrogens is 240 g/mol. The number of rotatable bonds is 1. The van der Waals surface area contributed by atoms with Crippen LogP contribution in [0.4, 0.5) is 0 Å². The maximum Gasteiger partial charge on any atom is 0.0909 e. The first-order chi connectivity index (χ1) is 8.90. The summed E-state index contributed by atoms with van der Waals surface area (Å²) in [5, 5.41) is 0. The lowest BCUT2D eigenvalue weighted by Gasteiger charge is -2.10. The summed E-state index contributed by atoms with van der Waals surface area (Å²) >= 11 is 1.89. The van der Waals surface area contributed by atoms with Gasteiger partial charge in [0.05, 0.1) is 13.4 Å². The Morgan fingerprint density at radius 3 is 2.56 bits per heavy atom. The van der Waals surface area contributed by atoms with Crippen LogP contribution in [0.2, 0.25) is 0 Å². The number of hydrogen-bond donors (Lipinski definition) is 0. The summed E-state index contributed by atoms with van der Waals surface area (Å²) in [6, 6.07) is 17.1. The summed E-state index contributed by atoms with van der Waals surface area (Å²) < 4.78 is 5.28. The molecule has 2 aromatic rings. The first-order valence-electron chi connectivity index (χ1n) is 5.93. The van der Waals surface area contributed by atoms with E-state index in [9.17, 15) is 0 Å². The van der Waals surface area contributed by atoms with E-state index in [0.717, 1.165) is 5.75 Å². The minimum atomic E-state index is 1.01. The molecule has 1 aliphatic heterocycles. The zero-order valence-electron chi connectivity index (χ0n) is 10.2. The highest BCUT2D eigenvalue weighted by Gasteiger charge is 2.17. The van der Waals surface area contributed by atoms with Crippen LogP contribution < -0.4 is 0 Å². The smallest absolute Gasteiger partial charge is 0.0909 e. The van der Waals surface area contributed by atoms with E-state index in [-0.39, 0.29) is 0 Å². The fraction of sp³-hybridized carbons (Fsp3) is 0.125. The van der Waals surface area contributed by atoms with E-state index < -0.39 is 0 Å². The van der Waals surface area contributed by atoms with Gasteiger partial charge in [-0.25, -0.2) is 0 Å². The van der Waals surface area contributed by atoms with Gasteiger partial charge >= 0.3 is 0 Å². The Hall–Kier alpha value is -1.67. The van der Waals surface area contributed by atoms with Gasteiger partial charge < -0.3 is 4.74 Å². The molecular formula is C16H14OS. The molecule has 0 atom stereocenters. The van der Waals surface area contributed by atoms with E-state index in [0.29, 0.717) is 0 Å². The van der Waals surface area contributed by atoms with Crippen LogP contribution in [-0.4, -0.2) is 7.11 Å². The topological polar surface area (TPSA) is 9.23 Å². The number of fused-ring (bicyclic) bond motifs is 2. The van der Waals surface area contributed by atoms with Crippen LogP contribution in [0.3, 0.4) is 0 Å². The summed E-state index contributed by atoms with van der Waals surface area (Å²) in [6.07, 6.45) is 1.85. The Kier molecular flexibility index (Phi) is 3.11. The molecule has 18 heavy (non-hydrogen) atoms. The minimum absolute atomic E-state index is 1.01. The SMILES string of the molecule is COC=C1c2ccccc2CSc2ccccc21. The Morgan fingerprint density at radius 1 is 1.00 bits per heavy atom. The molecule has 90 valence electrons. The van der Waals surface area contributed by atoms with Crippen LogP contribution in [0.15, 0.2) is 59.7 Å². The second-order valence-corrected chi connectivity index (χ2v) is 5.23. The highest BCUT2D eigenvalue weighted by Crippen LogP contribution is 2.39. The number of benzene rings is 2. The Morgan fingerprint density at radius 2 is 1.72 bits per heavy atom. The van der Waals surface area contributed by atoms with Gasteiger partial charge in [0.25, 0.3) is 0 Å². The lowest BCUT2D eigenvalue weighted by molar-refractivity contribution is 0.340. The van der Waals surface area contributed by atoms with Gasteiger partial charge in [0.2, 0.25) is 0 Å². The van der Waals surface area contributed by atoms with E-state index >= 15 is 0 Å². The molecule has 0 aliphatic carbocycles. The third-order valence-electron chi connectivity index (χ3n) is 3.10. The predicted octanol–water partition coefficient (Wildman–Crippen LogP) is 4.33. The van der Waals surface area contributed by atoms with Crippen molar-refractivity contribution in [2.24, 2.45) is 0 Å². The normalized spacial score (nSPS) is 15.7. The fourth-order valence-corrected chi connectivity index (χ4v) is 3.34. The van der Waals surface area contributed by atoms with E-state index in [4.69, 9.17) is 4.74 Å². The molecule has 2 heteroatoms. The van der Waals surface area contributed by atoms with Gasteiger partial charge in [0, 0.05) is 16.2 Å². The van der Waals surface area contributed by atoms with Crippen molar-refractivity contribution in [2.75, 3.05) is 7.11 Å². The monoisotopic (exact) mass is 254 g/mol. The Bertz CT molecular complexity index is 552. The van der Waals surface area contributed by atoms with E-state index in [1.807, 2.05) is 18.0 Å². The summed E-state index contributed by atoms with van der Waals surface area (Å²) in [5.74, 6) is 1.01. The molecule has 3 rings (SSSR count). The molecule has 0 saturated carbocycles. The fourth-order valence-electron chi connectivity index (χ4n) is 2.27. The molecule has 0 radical (unpaired) electrons. The van der Waals surface area contributed by atoms with Crippen molar-refractivity contribution in [1.29, 1.82) is 0 Å². The zero-order valence-corrected chi connectivity index (χ0v) is 11.0. The predicted molar refractivity (Wildman–Crippen MR) is 76.5 cm³/mol. The highest BCUT2D eigenvalue weighted by molar-refractivity contribution is 7.98. The molecule has 0 fully saturated rings.